The van der Waals surface area contributed by atoms with Gasteiger partial charge in [0.25, 0.3) is 5.66 Å². The van der Waals surface area contributed by atoms with Crippen LogP contribution in [0, 0.1) is 0 Å². The summed E-state index contributed by atoms with van der Waals surface area (Å²) in [6.07, 6.45) is 6.50. The number of hydrogen-bond donors (Lipinski definition) is 5. The van der Waals surface area contributed by atoms with Crippen molar-refractivity contribution in [1.29, 1.82) is 0 Å². The van der Waals surface area contributed by atoms with Crippen LogP contribution in [0.2, 0.25) is 0 Å². The zero-order valence-corrected chi connectivity index (χ0v) is 29.2. The second-order valence-corrected chi connectivity index (χ2v) is 14.7. The number of carbonyl (C=O) groups excluding carboxylic acids is 2. The van der Waals surface area contributed by atoms with E-state index in [9.17, 15) is 23.5 Å². The van der Waals surface area contributed by atoms with Crippen LogP contribution < -0.4 is 22.1 Å². The molecular formula is C33H52F2N7O4P. The lowest BCUT2D eigenvalue weighted by Crippen LogP contribution is -2.56. The fourth-order valence-corrected chi connectivity index (χ4v) is 6.71. The van der Waals surface area contributed by atoms with Gasteiger partial charge in [0.05, 0.1) is 5.82 Å². The second-order valence-electron chi connectivity index (χ2n) is 13.9. The van der Waals surface area contributed by atoms with E-state index in [1.54, 1.807) is 13.0 Å². The van der Waals surface area contributed by atoms with E-state index in [-0.39, 0.29) is 40.7 Å². The van der Waals surface area contributed by atoms with Gasteiger partial charge in [-0.05, 0) is 96.5 Å². The molecule has 0 bridgehead atoms. The lowest BCUT2D eigenvalue weighted by molar-refractivity contribution is 0.0477. The van der Waals surface area contributed by atoms with Crippen LogP contribution >= 0.6 is 9.24 Å². The molecule has 3 fully saturated rings. The number of aromatic hydroxyl groups is 1. The van der Waals surface area contributed by atoms with Gasteiger partial charge in [-0.1, -0.05) is 15.3 Å². The van der Waals surface area contributed by atoms with Gasteiger partial charge in [-0.3, -0.25) is 4.90 Å². The van der Waals surface area contributed by atoms with Crippen molar-refractivity contribution in [2.45, 2.75) is 95.6 Å². The van der Waals surface area contributed by atoms with Crippen LogP contribution in [0.15, 0.2) is 35.7 Å². The van der Waals surface area contributed by atoms with Gasteiger partial charge < -0.3 is 41.7 Å². The first kappa shape index (κ1) is 36.5. The third kappa shape index (κ3) is 10.3. The number of rotatable bonds is 7. The maximum Gasteiger partial charge on any atom is 0.407 e. The van der Waals surface area contributed by atoms with Gasteiger partial charge in [-0.25, -0.2) is 9.59 Å². The van der Waals surface area contributed by atoms with Crippen LogP contribution in [0.5, 0.6) is 5.75 Å². The highest BCUT2D eigenvalue weighted by Crippen LogP contribution is 2.38. The summed E-state index contributed by atoms with van der Waals surface area (Å²) < 4.78 is 32.6. The minimum Gasteiger partial charge on any atom is -0.507 e. The van der Waals surface area contributed by atoms with E-state index in [1.807, 2.05) is 30.6 Å². The van der Waals surface area contributed by atoms with Crippen molar-refractivity contribution in [2.75, 3.05) is 39.3 Å². The summed E-state index contributed by atoms with van der Waals surface area (Å²) in [5, 5.41) is 16.7. The number of allylic oxidation sites excluding steroid dienone is 2. The number of ether oxygens (including phenoxy) is 1. The van der Waals surface area contributed by atoms with Crippen LogP contribution in [0.1, 0.15) is 77.3 Å². The number of phenols is 1. The molecule has 3 heterocycles. The van der Waals surface area contributed by atoms with Crippen molar-refractivity contribution in [3.05, 3.63) is 46.8 Å². The number of nitrogens with zero attached hydrogens (tertiary/aromatic N) is 3. The van der Waals surface area contributed by atoms with Crippen molar-refractivity contribution in [1.82, 2.24) is 25.3 Å². The van der Waals surface area contributed by atoms with E-state index in [2.05, 4.69) is 15.5 Å². The average Bonchev–Trinajstić information content (AvgIpc) is 2.99. The first-order valence-electron chi connectivity index (χ1n) is 16.5. The van der Waals surface area contributed by atoms with E-state index >= 15 is 0 Å². The Morgan fingerprint density at radius 3 is 2.17 bits per heavy atom. The minimum absolute atomic E-state index is 0.00506. The lowest BCUT2D eigenvalue weighted by Gasteiger charge is -2.44. The summed E-state index contributed by atoms with van der Waals surface area (Å²) in [4.78, 5) is 31.7. The Kier molecular flexibility index (Phi) is 11.9. The molecule has 1 aromatic rings. The number of hydrogen-bond acceptors (Lipinski definition) is 8. The minimum atomic E-state index is -3.15. The Balaban J connectivity index is 1.23. The number of nitrogens with two attached hydrogens (primary N) is 2. The van der Waals surface area contributed by atoms with E-state index in [0.717, 1.165) is 44.8 Å². The van der Waals surface area contributed by atoms with Gasteiger partial charge in [-0.15, -0.1) is 0 Å². The number of likely N-dealkylation sites (tertiary alicyclic amines) is 3. The monoisotopic (exact) mass is 679 g/mol. The molecule has 1 aromatic carbocycles. The molecular weight excluding hydrogens is 627 g/mol. The molecule has 0 saturated carbocycles. The van der Waals surface area contributed by atoms with Crippen LogP contribution in [0.3, 0.4) is 0 Å². The number of nitrogens with one attached hydrogen (secondary N) is 2. The quantitative estimate of drug-likeness (QED) is 0.210. The summed E-state index contributed by atoms with van der Waals surface area (Å²) in [5.74, 6) is 0.115. The summed E-state index contributed by atoms with van der Waals surface area (Å²) in [6.45, 7) is 11.7. The Bertz CT molecular complexity index is 1330. The van der Waals surface area contributed by atoms with Crippen LogP contribution in [-0.4, -0.2) is 94.9 Å². The summed E-state index contributed by atoms with van der Waals surface area (Å²) in [5.41, 5.74) is 9.70. The molecule has 11 nitrogen and oxygen atoms in total. The molecule has 3 saturated heterocycles. The normalized spacial score (nSPS) is 21.7. The molecule has 3 amide bonds. The second kappa shape index (κ2) is 15.3. The van der Waals surface area contributed by atoms with Crippen LogP contribution in [0.25, 0.3) is 5.70 Å². The zero-order valence-electron chi connectivity index (χ0n) is 28.0. The highest BCUT2D eigenvalue weighted by Gasteiger charge is 2.33. The number of urea groups is 1. The largest absolute Gasteiger partial charge is 0.507 e. The maximum atomic E-state index is 13.6. The first-order chi connectivity index (χ1) is 22.0. The van der Waals surface area contributed by atoms with Crippen molar-refractivity contribution >= 4 is 27.1 Å². The Hall–Kier alpha value is -3.31. The topological polar surface area (TPSA) is 149 Å². The van der Waals surface area contributed by atoms with E-state index < -0.39 is 17.4 Å². The molecule has 0 aromatic heterocycles. The van der Waals surface area contributed by atoms with Crippen LogP contribution in [-0.2, 0) is 10.4 Å². The average molecular weight is 680 g/mol. The highest BCUT2D eigenvalue weighted by molar-refractivity contribution is 7.17. The van der Waals surface area contributed by atoms with Gasteiger partial charge >= 0.3 is 12.1 Å². The number of halogens is 2. The number of amides is 3. The molecule has 7 N–H and O–H groups in total. The number of carbonyl (C=O) groups is 2. The van der Waals surface area contributed by atoms with Gasteiger partial charge in [0.1, 0.15) is 11.4 Å². The predicted octanol–water partition coefficient (Wildman–Crippen LogP) is 4.43. The maximum absolute atomic E-state index is 13.6. The molecule has 2 atom stereocenters. The number of alkyl halides is 2. The molecule has 14 heteroatoms. The predicted molar refractivity (Wildman–Crippen MR) is 182 cm³/mol. The molecule has 3 aliphatic heterocycles. The lowest BCUT2D eigenvalue weighted by atomic mass is 9.97. The number of benzene rings is 1. The van der Waals surface area contributed by atoms with Gasteiger partial charge in [0.15, 0.2) is 0 Å². The van der Waals surface area contributed by atoms with Crippen molar-refractivity contribution in [3.8, 4) is 5.75 Å². The van der Waals surface area contributed by atoms with Crippen molar-refractivity contribution < 1.29 is 28.2 Å². The SMILES string of the molecule is CC(/C=C(\N)NC1CCCN(C2CCN(C(=O)N3CCC(NC(=O)OC(C)(C)C)CC3)CC2)C1)=C(/N)c1ccc(C(F)(F)P)cc1O. The Morgan fingerprint density at radius 1 is 0.979 bits per heavy atom. The molecule has 0 spiro atoms. The van der Waals surface area contributed by atoms with Crippen molar-refractivity contribution in [2.24, 2.45) is 11.5 Å². The third-order valence-electron chi connectivity index (χ3n) is 9.03. The standard InChI is InChI=1S/C33H52F2N7O4P/c1-21(29(37)26-8-7-22(19-27(26)43)33(34,35)47)18-28(36)38-24-6-5-13-42(20-24)25-11-16-41(17-12-25)31(45)40-14-9-23(10-15-40)39-30(44)46-32(2,3)4/h7-8,18-19,23-25,38,43H,5-6,9-17,20,36-37,47H2,1-4H3,(H,39,44)/b28-18+,29-21-. The van der Waals surface area contributed by atoms with E-state index in [1.165, 1.54) is 21.4 Å². The first-order valence-corrected chi connectivity index (χ1v) is 17.1. The molecule has 4 rings (SSSR count). The summed E-state index contributed by atoms with van der Waals surface area (Å²) >= 11 is 0. The van der Waals surface area contributed by atoms with Crippen LogP contribution in [0.4, 0.5) is 18.4 Å². The molecule has 3 aliphatic rings. The number of alkyl carbamates (subject to hydrolysis) is 1. The fraction of sp³-hybridized carbons (Fsp3) is 0.636. The smallest absolute Gasteiger partial charge is 0.407 e. The van der Waals surface area contributed by atoms with Crippen molar-refractivity contribution in [3.63, 3.8) is 0 Å². The summed E-state index contributed by atoms with van der Waals surface area (Å²) in [7, 11) is 1.45. The number of phenolic OH excluding ortho intramolecular Hbond substituents is 1. The van der Waals surface area contributed by atoms with E-state index in [0.29, 0.717) is 56.5 Å². The molecule has 262 valence electrons. The molecule has 0 radical (unpaired) electrons. The highest BCUT2D eigenvalue weighted by atomic mass is 31.0. The Labute approximate surface area is 279 Å². The summed E-state index contributed by atoms with van der Waals surface area (Å²) in [6, 6.07) is 4.24. The zero-order chi connectivity index (χ0) is 34.5. The molecule has 47 heavy (non-hydrogen) atoms. The van der Waals surface area contributed by atoms with Gasteiger partial charge in [0, 0.05) is 67.7 Å². The Morgan fingerprint density at radius 2 is 1.60 bits per heavy atom. The van der Waals surface area contributed by atoms with E-state index in [4.69, 9.17) is 16.2 Å². The van der Waals surface area contributed by atoms with Gasteiger partial charge in [-0.2, -0.15) is 8.78 Å². The van der Waals surface area contributed by atoms with Gasteiger partial charge in [0.2, 0.25) is 0 Å². The number of piperidine rings is 3. The third-order valence-corrected chi connectivity index (χ3v) is 9.36. The fourth-order valence-electron chi connectivity index (χ4n) is 6.54. The molecule has 0 aliphatic carbocycles. The molecule has 2 unspecified atom stereocenters.